The molecule has 0 N–H and O–H groups in total. The van der Waals surface area contributed by atoms with Gasteiger partial charge in [0.2, 0.25) is 0 Å². The van der Waals surface area contributed by atoms with E-state index in [0.29, 0.717) is 16.9 Å². The van der Waals surface area contributed by atoms with E-state index in [0.717, 1.165) is 41.9 Å². The minimum Gasteiger partial charge on any atom is -0.360 e. The molecule has 2 heteroatoms. The number of rotatable bonds is 9. The van der Waals surface area contributed by atoms with Crippen molar-refractivity contribution in [2.24, 2.45) is 46.3 Å². The Bertz CT molecular complexity index is 712. The lowest BCUT2D eigenvalue weighted by molar-refractivity contribution is -0.108. The number of ether oxygens (including phenoxy) is 1. The summed E-state index contributed by atoms with van der Waals surface area (Å²) >= 11 is 0. The van der Waals surface area contributed by atoms with Crippen LogP contribution in [0.15, 0.2) is 11.6 Å². The molecule has 9 atom stereocenters. The maximum absolute atomic E-state index is 6.59. The third-order valence-electron chi connectivity index (χ3n) is 11.5. The number of allylic oxidation sites excluding steroid dienone is 1. The first-order valence-electron chi connectivity index (χ1n) is 15.1. The molecule has 4 rings (SSSR count). The van der Waals surface area contributed by atoms with Crippen LogP contribution < -0.4 is 0 Å². The zero-order valence-corrected chi connectivity index (χ0v) is 24.0. The minimum absolute atomic E-state index is 0.264. The Balaban J connectivity index is 1.44. The summed E-state index contributed by atoms with van der Waals surface area (Å²) in [5, 5.41) is 0. The fraction of sp³-hybridized carbons (Fsp3) is 0.938. The van der Waals surface area contributed by atoms with E-state index in [1.54, 1.807) is 5.57 Å². The molecule has 0 aromatic rings. The van der Waals surface area contributed by atoms with Gasteiger partial charge in [0.15, 0.2) is 0 Å². The second kappa shape index (κ2) is 10.6. The molecule has 4 aliphatic carbocycles. The molecule has 3 saturated carbocycles. The van der Waals surface area contributed by atoms with Gasteiger partial charge in [-0.05, 0) is 118 Å². The van der Waals surface area contributed by atoms with Crippen LogP contribution in [0, 0.1) is 46.3 Å². The highest BCUT2D eigenvalue weighted by Crippen LogP contribution is 2.67. The summed E-state index contributed by atoms with van der Waals surface area (Å²) in [5.74, 6) is 5.54. The topological polar surface area (TPSA) is 12.5 Å². The van der Waals surface area contributed by atoms with Crippen LogP contribution in [0.25, 0.3) is 0 Å². The molecule has 196 valence electrons. The van der Waals surface area contributed by atoms with E-state index in [1.807, 2.05) is 0 Å². The Labute approximate surface area is 212 Å². The predicted molar refractivity (Wildman–Crippen MR) is 146 cm³/mol. The number of nitrogens with zero attached hydrogens (tertiary/aromatic N) is 1. The van der Waals surface area contributed by atoms with Crippen molar-refractivity contribution in [3.63, 3.8) is 0 Å². The molecule has 0 spiro atoms. The zero-order chi connectivity index (χ0) is 24.7. The third-order valence-corrected chi connectivity index (χ3v) is 11.5. The molecule has 4 aliphatic rings. The van der Waals surface area contributed by atoms with Crippen LogP contribution in [0.2, 0.25) is 0 Å². The van der Waals surface area contributed by atoms with Crippen LogP contribution in [-0.4, -0.2) is 31.3 Å². The lowest BCUT2D eigenvalue weighted by Gasteiger charge is -2.58. The van der Waals surface area contributed by atoms with Gasteiger partial charge in [-0.2, -0.15) is 0 Å². The van der Waals surface area contributed by atoms with E-state index >= 15 is 0 Å². The first kappa shape index (κ1) is 26.7. The summed E-state index contributed by atoms with van der Waals surface area (Å²) in [6.07, 6.45) is 19.8. The van der Waals surface area contributed by atoms with E-state index in [4.69, 9.17) is 4.74 Å². The maximum Gasteiger partial charge on any atom is 0.110 e. The first-order valence-corrected chi connectivity index (χ1v) is 15.1. The Morgan fingerprint density at radius 3 is 2.44 bits per heavy atom. The normalized spacial score (nSPS) is 41.6. The molecule has 2 nitrogen and oxygen atoms in total. The summed E-state index contributed by atoms with van der Waals surface area (Å²) in [4.78, 5) is 2.25. The van der Waals surface area contributed by atoms with Crippen molar-refractivity contribution in [1.82, 2.24) is 4.90 Å². The van der Waals surface area contributed by atoms with Crippen LogP contribution in [0.5, 0.6) is 0 Å². The van der Waals surface area contributed by atoms with E-state index in [1.165, 1.54) is 70.6 Å². The van der Waals surface area contributed by atoms with Gasteiger partial charge < -0.3 is 4.74 Å². The summed E-state index contributed by atoms with van der Waals surface area (Å²) in [6.45, 7) is 15.0. The zero-order valence-electron chi connectivity index (χ0n) is 24.0. The van der Waals surface area contributed by atoms with Gasteiger partial charge in [0, 0.05) is 0 Å². The van der Waals surface area contributed by atoms with Gasteiger partial charge >= 0.3 is 0 Å². The molecule has 1 unspecified atom stereocenters. The van der Waals surface area contributed by atoms with Crippen molar-refractivity contribution in [3.8, 4) is 0 Å². The van der Waals surface area contributed by atoms with E-state index in [2.05, 4.69) is 66.6 Å². The van der Waals surface area contributed by atoms with Crippen molar-refractivity contribution in [2.75, 3.05) is 14.1 Å². The van der Waals surface area contributed by atoms with Crippen LogP contribution in [-0.2, 0) is 4.74 Å². The van der Waals surface area contributed by atoms with Crippen molar-refractivity contribution in [2.45, 2.75) is 131 Å². The molecule has 3 fully saturated rings. The van der Waals surface area contributed by atoms with Gasteiger partial charge in [-0.15, -0.1) is 0 Å². The summed E-state index contributed by atoms with van der Waals surface area (Å²) in [5.41, 5.74) is 2.80. The van der Waals surface area contributed by atoms with Crippen molar-refractivity contribution >= 4 is 0 Å². The average Bonchev–Trinajstić information content (AvgIpc) is 3.14. The van der Waals surface area contributed by atoms with Gasteiger partial charge in [0.1, 0.15) is 6.23 Å². The van der Waals surface area contributed by atoms with Crippen molar-refractivity contribution in [3.05, 3.63) is 11.6 Å². The highest BCUT2D eigenvalue weighted by molar-refractivity contribution is 5.25. The van der Waals surface area contributed by atoms with Gasteiger partial charge in [0.05, 0.1) is 6.10 Å². The molecule has 34 heavy (non-hydrogen) atoms. The smallest absolute Gasteiger partial charge is 0.110 e. The quantitative estimate of drug-likeness (QED) is 0.246. The van der Waals surface area contributed by atoms with Crippen LogP contribution in [0.3, 0.4) is 0 Å². The maximum atomic E-state index is 6.59. The summed E-state index contributed by atoms with van der Waals surface area (Å²) in [6, 6.07) is 0. The standard InChI is InChI=1S/C32H57NO/c1-9-30(33(7)8)34-25-17-19-31(5)24(21-25)13-14-26-28-16-15-27(23(4)12-10-11-22(2)3)32(28,6)20-18-29(26)31/h13,22-23,25-30H,9-12,14-21H2,1-8H3/t23-,25+,26+,27-,28+,29+,30?,31+,32-/m1/s1. The second-order valence-electron chi connectivity index (χ2n) is 14.1. The number of fused-ring (bicyclic) bond motifs is 5. The molecular weight excluding hydrogens is 414 g/mol. The van der Waals surface area contributed by atoms with E-state index in [9.17, 15) is 0 Å². The van der Waals surface area contributed by atoms with Gasteiger partial charge in [-0.3, -0.25) is 4.90 Å². The van der Waals surface area contributed by atoms with Crippen LogP contribution >= 0.6 is 0 Å². The summed E-state index contributed by atoms with van der Waals surface area (Å²) in [7, 11) is 4.31. The minimum atomic E-state index is 0.264. The lowest BCUT2D eigenvalue weighted by Crippen LogP contribution is -2.51. The van der Waals surface area contributed by atoms with Crippen molar-refractivity contribution in [1.29, 1.82) is 0 Å². The predicted octanol–water partition coefficient (Wildman–Crippen LogP) is 8.71. The Morgan fingerprint density at radius 1 is 1.00 bits per heavy atom. The van der Waals surface area contributed by atoms with Gasteiger partial charge in [0.25, 0.3) is 0 Å². The SMILES string of the molecule is CCC(O[C@H]1CC[C@@]2(C)C(=CC[C@H]3[C@@H]4CC[C@H]([C@H](C)CCCC(C)C)[C@@]4(C)CC[C@@H]32)C1)N(C)C. The Morgan fingerprint density at radius 2 is 1.76 bits per heavy atom. The largest absolute Gasteiger partial charge is 0.360 e. The first-order chi connectivity index (χ1) is 16.1. The number of hydrogen-bond donors (Lipinski definition) is 0. The fourth-order valence-corrected chi connectivity index (χ4v) is 9.57. The van der Waals surface area contributed by atoms with E-state index < -0.39 is 0 Å². The van der Waals surface area contributed by atoms with Crippen LogP contribution in [0.1, 0.15) is 119 Å². The Kier molecular flexibility index (Phi) is 8.30. The second-order valence-corrected chi connectivity index (χ2v) is 14.1. The molecule has 0 radical (unpaired) electrons. The van der Waals surface area contributed by atoms with E-state index in [-0.39, 0.29) is 6.23 Å². The highest BCUT2D eigenvalue weighted by Gasteiger charge is 2.59. The molecule has 0 saturated heterocycles. The van der Waals surface area contributed by atoms with Crippen LogP contribution in [0.4, 0.5) is 0 Å². The molecule has 0 aliphatic heterocycles. The lowest BCUT2D eigenvalue weighted by atomic mass is 9.47. The number of hydrogen-bond acceptors (Lipinski definition) is 2. The monoisotopic (exact) mass is 471 g/mol. The molecular formula is C32H57NO. The third kappa shape index (κ3) is 4.93. The van der Waals surface area contributed by atoms with Crippen molar-refractivity contribution < 1.29 is 4.74 Å². The molecule has 0 aromatic carbocycles. The summed E-state index contributed by atoms with van der Waals surface area (Å²) < 4.78 is 6.59. The van der Waals surface area contributed by atoms with Gasteiger partial charge in [-0.25, -0.2) is 0 Å². The fourth-order valence-electron chi connectivity index (χ4n) is 9.57. The highest BCUT2D eigenvalue weighted by atomic mass is 16.5. The van der Waals surface area contributed by atoms with Gasteiger partial charge in [-0.1, -0.05) is 72.5 Å². The molecule has 0 bridgehead atoms. The molecule has 0 aromatic heterocycles. The Hall–Kier alpha value is -0.340. The average molecular weight is 472 g/mol. The molecule has 0 heterocycles. The molecule has 0 amide bonds.